The van der Waals surface area contributed by atoms with Crippen LogP contribution in [0.4, 0.5) is 8.78 Å². The largest absolute Gasteiger partial charge is 0.458 e. The quantitative estimate of drug-likeness (QED) is 0.533. The maximum Gasteiger partial charge on any atom is 0.336 e. The van der Waals surface area contributed by atoms with Crippen LogP contribution < -0.4 is 0 Å². The molecule has 2 aromatic carbocycles. The predicted octanol–water partition coefficient (Wildman–Crippen LogP) is 4.48. The first kappa shape index (κ1) is 20.5. The van der Waals surface area contributed by atoms with Gasteiger partial charge in [0.25, 0.3) is 0 Å². The van der Waals surface area contributed by atoms with E-state index in [1.807, 2.05) is 0 Å². The number of halogens is 2. The molecule has 6 heteroatoms. The molecule has 0 N–H and O–H groups in total. The van der Waals surface area contributed by atoms with E-state index in [-0.39, 0.29) is 31.3 Å². The van der Waals surface area contributed by atoms with Gasteiger partial charge >= 0.3 is 5.97 Å². The lowest BCUT2D eigenvalue weighted by molar-refractivity contribution is -0.139. The molecule has 0 radical (unpaired) electrons. The minimum Gasteiger partial charge on any atom is -0.458 e. The van der Waals surface area contributed by atoms with Crippen molar-refractivity contribution >= 4 is 11.9 Å². The smallest absolute Gasteiger partial charge is 0.336 e. The molecule has 1 aliphatic rings. The van der Waals surface area contributed by atoms with Gasteiger partial charge in [0.2, 0.25) is 5.91 Å². The van der Waals surface area contributed by atoms with E-state index < -0.39 is 17.7 Å². The molecule has 0 spiro atoms. The summed E-state index contributed by atoms with van der Waals surface area (Å²) in [5.74, 6) is -2.21. The van der Waals surface area contributed by atoms with Crippen molar-refractivity contribution in [3.63, 3.8) is 0 Å². The number of benzene rings is 2. The summed E-state index contributed by atoms with van der Waals surface area (Å²) in [4.78, 5) is 27.1. The van der Waals surface area contributed by atoms with Gasteiger partial charge in [-0.3, -0.25) is 4.79 Å². The van der Waals surface area contributed by atoms with E-state index in [9.17, 15) is 18.4 Å². The Morgan fingerprint density at radius 3 is 2.59 bits per heavy atom. The Labute approximate surface area is 168 Å². The van der Waals surface area contributed by atoms with Crippen LogP contribution >= 0.6 is 0 Å². The molecule has 4 nitrogen and oxygen atoms in total. The minimum atomic E-state index is -0.611. The Hall–Kier alpha value is -3.28. The topological polar surface area (TPSA) is 46.6 Å². The third kappa shape index (κ3) is 4.59. The molecular weight excluding hydrogens is 376 g/mol. The third-order valence-electron chi connectivity index (χ3n) is 4.88. The second-order valence-electron chi connectivity index (χ2n) is 6.80. The summed E-state index contributed by atoms with van der Waals surface area (Å²) in [6, 6.07) is 11.7. The van der Waals surface area contributed by atoms with E-state index >= 15 is 0 Å². The Morgan fingerprint density at radius 1 is 1.21 bits per heavy atom. The van der Waals surface area contributed by atoms with E-state index in [1.54, 1.807) is 31.2 Å². The first-order valence-electron chi connectivity index (χ1n) is 9.19. The van der Waals surface area contributed by atoms with Crippen molar-refractivity contribution < 1.29 is 23.1 Å². The summed E-state index contributed by atoms with van der Waals surface area (Å²) in [5.41, 5.74) is 2.00. The first-order valence-corrected chi connectivity index (χ1v) is 9.19. The van der Waals surface area contributed by atoms with Crippen molar-refractivity contribution in [2.24, 2.45) is 0 Å². The summed E-state index contributed by atoms with van der Waals surface area (Å²) < 4.78 is 32.2. The van der Waals surface area contributed by atoms with E-state index in [4.69, 9.17) is 4.74 Å². The fraction of sp³-hybridized carbons (Fsp3) is 0.217. The average molecular weight is 397 g/mol. The van der Waals surface area contributed by atoms with Crippen molar-refractivity contribution in [3.05, 3.63) is 95.2 Å². The molecule has 0 saturated heterocycles. The molecule has 0 aliphatic carbocycles. The Kier molecular flexibility index (Phi) is 6.22. The van der Waals surface area contributed by atoms with E-state index in [0.717, 1.165) is 5.56 Å². The number of hydrogen-bond acceptors (Lipinski definition) is 3. The SMILES string of the molecule is C=CCOC(=O)C1=C(C)N(Cc2ccc(F)cc2)C(=O)CC1c1cccc(F)c1. The van der Waals surface area contributed by atoms with Crippen molar-refractivity contribution in [1.82, 2.24) is 4.90 Å². The fourth-order valence-electron chi connectivity index (χ4n) is 3.46. The number of carbonyl (C=O) groups excluding carboxylic acids is 2. The second kappa shape index (κ2) is 8.82. The first-order chi connectivity index (χ1) is 13.9. The van der Waals surface area contributed by atoms with Crippen LogP contribution in [0.25, 0.3) is 0 Å². The lowest BCUT2D eigenvalue weighted by Gasteiger charge is -2.34. The van der Waals surface area contributed by atoms with Crippen LogP contribution in [0.3, 0.4) is 0 Å². The van der Waals surface area contributed by atoms with Crippen LogP contribution in [0.15, 0.2) is 72.5 Å². The Morgan fingerprint density at radius 2 is 1.93 bits per heavy atom. The molecule has 29 heavy (non-hydrogen) atoms. The van der Waals surface area contributed by atoms with Crippen LogP contribution in [-0.4, -0.2) is 23.4 Å². The van der Waals surface area contributed by atoms with Crippen LogP contribution in [0, 0.1) is 11.6 Å². The fourth-order valence-corrected chi connectivity index (χ4v) is 3.46. The summed E-state index contributed by atoms with van der Waals surface area (Å²) in [7, 11) is 0. The summed E-state index contributed by atoms with van der Waals surface area (Å²) in [6.45, 7) is 5.42. The van der Waals surface area contributed by atoms with Crippen LogP contribution in [0.1, 0.15) is 30.4 Å². The molecule has 0 bridgehead atoms. The molecule has 0 aromatic heterocycles. The summed E-state index contributed by atoms with van der Waals surface area (Å²) >= 11 is 0. The number of esters is 1. The van der Waals surface area contributed by atoms with Gasteiger partial charge in [0.15, 0.2) is 0 Å². The Bertz CT molecular complexity index is 966. The second-order valence-corrected chi connectivity index (χ2v) is 6.80. The number of hydrogen-bond donors (Lipinski definition) is 0. The Balaban J connectivity index is 2.01. The molecule has 1 heterocycles. The molecule has 1 aliphatic heterocycles. The highest BCUT2D eigenvalue weighted by Gasteiger charge is 2.37. The lowest BCUT2D eigenvalue weighted by atomic mass is 9.83. The third-order valence-corrected chi connectivity index (χ3v) is 4.88. The van der Waals surface area contributed by atoms with Crippen LogP contribution in [0.2, 0.25) is 0 Å². The van der Waals surface area contributed by atoms with Gasteiger partial charge < -0.3 is 9.64 Å². The van der Waals surface area contributed by atoms with Crippen molar-refractivity contribution in [2.45, 2.75) is 25.8 Å². The number of amides is 1. The number of carbonyl (C=O) groups is 2. The normalized spacial score (nSPS) is 16.7. The monoisotopic (exact) mass is 397 g/mol. The zero-order valence-corrected chi connectivity index (χ0v) is 16.0. The summed E-state index contributed by atoms with van der Waals surface area (Å²) in [5, 5.41) is 0. The highest BCUT2D eigenvalue weighted by Crippen LogP contribution is 2.37. The summed E-state index contributed by atoms with van der Waals surface area (Å²) in [6.07, 6.45) is 1.45. The van der Waals surface area contributed by atoms with Gasteiger partial charge in [0.1, 0.15) is 18.2 Å². The van der Waals surface area contributed by atoms with E-state index in [1.165, 1.54) is 35.2 Å². The maximum absolute atomic E-state index is 13.8. The zero-order chi connectivity index (χ0) is 21.0. The van der Waals surface area contributed by atoms with E-state index in [2.05, 4.69) is 6.58 Å². The maximum atomic E-state index is 13.8. The van der Waals surface area contributed by atoms with Gasteiger partial charge in [-0.25, -0.2) is 13.6 Å². The molecule has 0 fully saturated rings. The van der Waals surface area contributed by atoms with Gasteiger partial charge in [0.05, 0.1) is 12.1 Å². The zero-order valence-electron chi connectivity index (χ0n) is 16.0. The molecule has 1 atom stereocenters. The molecule has 1 unspecified atom stereocenters. The highest BCUT2D eigenvalue weighted by atomic mass is 19.1. The number of allylic oxidation sites excluding steroid dienone is 1. The van der Waals surface area contributed by atoms with Crippen LogP contribution in [-0.2, 0) is 20.9 Å². The molecule has 1 amide bonds. The number of nitrogens with zero attached hydrogens (tertiary/aromatic N) is 1. The van der Waals surface area contributed by atoms with Gasteiger partial charge in [-0.2, -0.15) is 0 Å². The molecule has 2 aromatic rings. The molecule has 150 valence electrons. The predicted molar refractivity (Wildman–Crippen MR) is 105 cm³/mol. The minimum absolute atomic E-state index is 0.000507. The molecule has 0 saturated carbocycles. The lowest BCUT2D eigenvalue weighted by Crippen LogP contribution is -2.38. The highest BCUT2D eigenvalue weighted by molar-refractivity contribution is 5.95. The average Bonchev–Trinajstić information content (AvgIpc) is 2.70. The number of rotatable bonds is 6. The molecule has 3 rings (SSSR count). The van der Waals surface area contributed by atoms with Gasteiger partial charge in [-0.05, 0) is 42.3 Å². The van der Waals surface area contributed by atoms with Crippen LogP contribution in [0.5, 0.6) is 0 Å². The van der Waals surface area contributed by atoms with Crippen molar-refractivity contribution in [3.8, 4) is 0 Å². The van der Waals surface area contributed by atoms with Gasteiger partial charge in [-0.15, -0.1) is 0 Å². The van der Waals surface area contributed by atoms with Gasteiger partial charge in [-0.1, -0.05) is 36.9 Å². The van der Waals surface area contributed by atoms with Crippen molar-refractivity contribution in [1.29, 1.82) is 0 Å². The van der Waals surface area contributed by atoms with Gasteiger partial charge in [0, 0.05) is 18.0 Å². The van der Waals surface area contributed by atoms with Crippen molar-refractivity contribution in [2.75, 3.05) is 6.61 Å². The molecular formula is C23H21F2NO3. The number of ether oxygens (including phenoxy) is 1. The van der Waals surface area contributed by atoms with E-state index in [0.29, 0.717) is 16.8 Å². The standard InChI is InChI=1S/C23H21F2NO3/c1-3-11-29-23(28)22-15(2)26(14-16-7-9-18(24)10-8-16)21(27)13-20(22)17-5-4-6-19(25)12-17/h3-10,12,20H,1,11,13-14H2,2H3.